The third kappa shape index (κ3) is 2.29. The summed E-state index contributed by atoms with van der Waals surface area (Å²) in [5, 5.41) is 2.10. The number of thiophene rings is 1. The SMILES string of the molecule is Cc1nc(N2CCCC3(CCc4cnc(N)nc43)C2)c2sccc2n1. The van der Waals surface area contributed by atoms with Crippen LogP contribution < -0.4 is 10.6 Å². The number of nitrogens with two attached hydrogens (primary N) is 1. The average Bonchev–Trinajstić information content (AvgIpc) is 3.20. The molecule has 1 fully saturated rings. The smallest absolute Gasteiger partial charge is 0.220 e. The van der Waals surface area contributed by atoms with Crippen molar-refractivity contribution in [2.75, 3.05) is 23.7 Å². The highest BCUT2D eigenvalue weighted by atomic mass is 32.1. The van der Waals surface area contributed by atoms with Crippen molar-refractivity contribution in [1.29, 1.82) is 0 Å². The van der Waals surface area contributed by atoms with E-state index in [1.54, 1.807) is 11.3 Å². The number of nitrogens with zero attached hydrogens (tertiary/aromatic N) is 5. The van der Waals surface area contributed by atoms with Gasteiger partial charge < -0.3 is 10.6 Å². The number of nitrogen functional groups attached to an aromatic ring is 1. The summed E-state index contributed by atoms with van der Waals surface area (Å²) in [5.74, 6) is 2.29. The van der Waals surface area contributed by atoms with Gasteiger partial charge in [-0.3, -0.25) is 0 Å². The van der Waals surface area contributed by atoms with Crippen molar-refractivity contribution < 1.29 is 0 Å². The van der Waals surface area contributed by atoms with Gasteiger partial charge >= 0.3 is 0 Å². The van der Waals surface area contributed by atoms with E-state index in [-0.39, 0.29) is 5.41 Å². The van der Waals surface area contributed by atoms with Crippen LogP contribution in [0.15, 0.2) is 17.6 Å². The van der Waals surface area contributed by atoms with E-state index < -0.39 is 0 Å². The van der Waals surface area contributed by atoms with Crippen LogP contribution >= 0.6 is 11.3 Å². The molecule has 2 aliphatic rings. The van der Waals surface area contributed by atoms with E-state index in [4.69, 9.17) is 10.7 Å². The molecule has 25 heavy (non-hydrogen) atoms. The van der Waals surface area contributed by atoms with Crippen molar-refractivity contribution in [2.24, 2.45) is 0 Å². The number of fused-ring (bicyclic) bond motifs is 3. The summed E-state index contributed by atoms with van der Waals surface area (Å²) in [6.07, 6.45) is 6.37. The molecule has 1 unspecified atom stereocenters. The van der Waals surface area contributed by atoms with Gasteiger partial charge in [-0.1, -0.05) is 0 Å². The first kappa shape index (κ1) is 15.0. The van der Waals surface area contributed by atoms with Crippen molar-refractivity contribution in [1.82, 2.24) is 19.9 Å². The summed E-state index contributed by atoms with van der Waals surface area (Å²) in [6, 6.07) is 2.08. The Hall–Kier alpha value is -2.28. The molecule has 0 saturated carbocycles. The summed E-state index contributed by atoms with van der Waals surface area (Å²) < 4.78 is 1.18. The molecule has 3 aromatic rings. The lowest BCUT2D eigenvalue weighted by Gasteiger charge is -2.41. The van der Waals surface area contributed by atoms with Crippen LogP contribution in [0, 0.1) is 6.92 Å². The Bertz CT molecular complexity index is 963. The Morgan fingerprint density at radius 2 is 2.16 bits per heavy atom. The summed E-state index contributed by atoms with van der Waals surface area (Å²) in [4.78, 5) is 20.6. The second-order valence-electron chi connectivity index (χ2n) is 7.14. The van der Waals surface area contributed by atoms with Gasteiger partial charge in [0.05, 0.1) is 15.9 Å². The largest absolute Gasteiger partial charge is 0.368 e. The minimum Gasteiger partial charge on any atom is -0.368 e. The summed E-state index contributed by atoms with van der Waals surface area (Å²) >= 11 is 1.72. The van der Waals surface area contributed by atoms with Gasteiger partial charge in [-0.15, -0.1) is 11.3 Å². The van der Waals surface area contributed by atoms with Gasteiger partial charge in [-0.05, 0) is 49.6 Å². The molecule has 4 heterocycles. The zero-order valence-electron chi connectivity index (χ0n) is 14.2. The quantitative estimate of drug-likeness (QED) is 0.725. The Morgan fingerprint density at radius 3 is 3.08 bits per heavy atom. The van der Waals surface area contributed by atoms with E-state index in [1.165, 1.54) is 10.3 Å². The number of piperidine rings is 1. The van der Waals surface area contributed by atoms with Gasteiger partial charge in [0.25, 0.3) is 0 Å². The van der Waals surface area contributed by atoms with Crippen LogP contribution in [-0.4, -0.2) is 33.0 Å². The predicted molar refractivity (Wildman–Crippen MR) is 100 cm³/mol. The Balaban J connectivity index is 1.58. The van der Waals surface area contributed by atoms with Gasteiger partial charge in [0.1, 0.15) is 11.6 Å². The second-order valence-corrected chi connectivity index (χ2v) is 8.05. The van der Waals surface area contributed by atoms with E-state index in [0.717, 1.165) is 61.6 Å². The number of anilines is 2. The van der Waals surface area contributed by atoms with E-state index in [1.807, 2.05) is 13.1 Å². The Kier molecular flexibility index (Phi) is 3.22. The zero-order chi connectivity index (χ0) is 17.0. The van der Waals surface area contributed by atoms with Gasteiger partial charge in [0, 0.05) is 24.7 Å². The molecule has 1 atom stereocenters. The molecule has 5 rings (SSSR count). The third-order valence-electron chi connectivity index (χ3n) is 5.53. The molecule has 6 nitrogen and oxygen atoms in total. The average molecular weight is 352 g/mol. The molecule has 1 saturated heterocycles. The maximum atomic E-state index is 5.89. The van der Waals surface area contributed by atoms with Crippen LogP contribution in [0.3, 0.4) is 0 Å². The lowest BCUT2D eigenvalue weighted by Crippen LogP contribution is -2.46. The Labute approximate surface area is 150 Å². The number of aromatic nitrogens is 4. The fourth-order valence-corrected chi connectivity index (χ4v) is 5.29. The van der Waals surface area contributed by atoms with Crippen molar-refractivity contribution in [3.8, 4) is 0 Å². The molecule has 7 heteroatoms. The first-order chi connectivity index (χ1) is 12.1. The van der Waals surface area contributed by atoms with Crippen LogP contribution in [0.2, 0.25) is 0 Å². The molecule has 1 aliphatic heterocycles. The van der Waals surface area contributed by atoms with Crippen LogP contribution in [0.25, 0.3) is 10.2 Å². The van der Waals surface area contributed by atoms with E-state index >= 15 is 0 Å². The van der Waals surface area contributed by atoms with Crippen LogP contribution in [0.5, 0.6) is 0 Å². The van der Waals surface area contributed by atoms with Gasteiger partial charge in [-0.2, -0.15) is 0 Å². The zero-order valence-corrected chi connectivity index (χ0v) is 15.0. The molecule has 3 aromatic heterocycles. The van der Waals surface area contributed by atoms with Crippen molar-refractivity contribution in [3.63, 3.8) is 0 Å². The number of rotatable bonds is 1. The van der Waals surface area contributed by atoms with Crippen molar-refractivity contribution in [2.45, 2.75) is 38.0 Å². The maximum Gasteiger partial charge on any atom is 0.220 e. The molecule has 0 amide bonds. The van der Waals surface area contributed by atoms with E-state index in [0.29, 0.717) is 5.95 Å². The topological polar surface area (TPSA) is 80.8 Å². The van der Waals surface area contributed by atoms with Gasteiger partial charge in [-0.25, -0.2) is 19.9 Å². The van der Waals surface area contributed by atoms with Crippen LogP contribution in [-0.2, 0) is 11.8 Å². The molecule has 0 bridgehead atoms. The summed E-state index contributed by atoms with van der Waals surface area (Å²) in [6.45, 7) is 3.94. The molecule has 1 aliphatic carbocycles. The monoisotopic (exact) mass is 352 g/mol. The fraction of sp³-hybridized carbons (Fsp3) is 0.444. The Morgan fingerprint density at radius 1 is 1.24 bits per heavy atom. The number of hydrogen-bond acceptors (Lipinski definition) is 7. The lowest BCUT2D eigenvalue weighted by atomic mass is 9.77. The normalized spacial score (nSPS) is 22.7. The van der Waals surface area contributed by atoms with Gasteiger partial charge in [0.2, 0.25) is 5.95 Å². The van der Waals surface area contributed by atoms with Crippen molar-refractivity contribution in [3.05, 3.63) is 34.7 Å². The van der Waals surface area contributed by atoms with Crippen LogP contribution in [0.1, 0.15) is 36.3 Å². The molecule has 1 spiro atoms. The summed E-state index contributed by atoms with van der Waals surface area (Å²) in [5.41, 5.74) is 9.44. The summed E-state index contributed by atoms with van der Waals surface area (Å²) in [7, 11) is 0. The molecule has 128 valence electrons. The standard InChI is InChI=1S/C18H20N6S/c1-11-21-13-4-8-25-14(13)16(22-11)24-7-2-5-18(10-24)6-3-12-9-20-17(19)23-15(12)18/h4,8-9H,2-3,5-7,10H2,1H3,(H2,19,20,23). The highest BCUT2D eigenvalue weighted by molar-refractivity contribution is 7.17. The molecular formula is C18H20N6S. The van der Waals surface area contributed by atoms with Crippen LogP contribution in [0.4, 0.5) is 11.8 Å². The molecule has 2 N–H and O–H groups in total. The second kappa shape index (κ2) is 5.36. The highest BCUT2D eigenvalue weighted by Gasteiger charge is 2.44. The first-order valence-electron chi connectivity index (χ1n) is 8.73. The maximum absolute atomic E-state index is 5.89. The minimum atomic E-state index is 0.0765. The first-order valence-corrected chi connectivity index (χ1v) is 9.61. The third-order valence-corrected chi connectivity index (χ3v) is 6.43. The number of hydrogen-bond donors (Lipinski definition) is 1. The highest BCUT2D eigenvalue weighted by Crippen LogP contribution is 2.45. The molecule has 0 aromatic carbocycles. The molecule has 0 radical (unpaired) electrons. The minimum absolute atomic E-state index is 0.0765. The fourth-order valence-electron chi connectivity index (χ4n) is 4.44. The molecular weight excluding hydrogens is 332 g/mol. The number of aryl methyl sites for hydroxylation is 2. The van der Waals surface area contributed by atoms with Crippen molar-refractivity contribution >= 4 is 33.3 Å². The van der Waals surface area contributed by atoms with Gasteiger partial charge in [0.15, 0.2) is 0 Å². The lowest BCUT2D eigenvalue weighted by molar-refractivity contribution is 0.334. The van der Waals surface area contributed by atoms with E-state index in [2.05, 4.69) is 31.3 Å². The van der Waals surface area contributed by atoms with E-state index in [9.17, 15) is 0 Å². The predicted octanol–water partition coefficient (Wildman–Crippen LogP) is 2.86.